The summed E-state index contributed by atoms with van der Waals surface area (Å²) < 4.78 is 5.69. The molecule has 10 aromatic rings. The Labute approximate surface area is 386 Å². The summed E-state index contributed by atoms with van der Waals surface area (Å²) in [6.07, 6.45) is 8.26. The molecular weight excluding hydrogens is 892 g/mol. The van der Waals surface area contributed by atoms with E-state index >= 15 is 0 Å². The maximum Gasteiger partial charge on any atom is 0.0991 e. The molecule has 3 aliphatic rings. The first-order valence-electron chi connectivity index (χ1n) is 22.5. The van der Waals surface area contributed by atoms with Crippen LogP contribution in [-0.4, -0.2) is 8.97 Å². The zero-order valence-corrected chi connectivity index (χ0v) is 37.8. The van der Waals surface area contributed by atoms with Gasteiger partial charge in [-0.05, 0) is 143 Å². The Morgan fingerprint density at radius 3 is 2.16 bits per heavy atom. The Hall–Kier alpha value is -6.88. The normalized spacial score (nSPS) is 16.8. The van der Waals surface area contributed by atoms with Crippen molar-refractivity contribution >= 4 is 94.7 Å². The second-order valence-corrected chi connectivity index (χ2v) is 19.8. The molecule has 8 aromatic carbocycles. The van der Waals surface area contributed by atoms with Crippen LogP contribution in [0.5, 0.6) is 0 Å². The number of rotatable bonds is 4. The number of halogens is 1. The summed E-state index contributed by atoms with van der Waals surface area (Å²) in [6, 6.07) is 62.5. The number of nitriles is 1. The fourth-order valence-corrected chi connectivity index (χ4v) is 12.6. The van der Waals surface area contributed by atoms with Crippen LogP contribution in [0.4, 0.5) is 17.1 Å². The topological polar surface area (TPSA) is 36.4 Å². The van der Waals surface area contributed by atoms with Gasteiger partial charge in [0, 0.05) is 47.9 Å². The minimum atomic E-state index is -0.324. The highest BCUT2D eigenvalue weighted by Crippen LogP contribution is 2.55. The highest BCUT2D eigenvalue weighted by molar-refractivity contribution is 14.1. The van der Waals surface area contributed by atoms with Gasteiger partial charge in [0.25, 0.3) is 0 Å². The predicted molar refractivity (Wildman–Crippen MR) is 275 cm³/mol. The molecule has 2 aromatic heterocycles. The number of hydrogen-bond acceptors (Lipinski definition) is 2. The van der Waals surface area contributed by atoms with Crippen molar-refractivity contribution in [2.45, 2.75) is 48.4 Å². The molecule has 64 heavy (non-hydrogen) atoms. The maximum absolute atomic E-state index is 9.63. The van der Waals surface area contributed by atoms with Crippen LogP contribution in [-0.2, 0) is 5.41 Å². The number of para-hydroxylation sites is 3. The molecule has 0 aliphatic heterocycles. The molecule has 0 spiro atoms. The van der Waals surface area contributed by atoms with E-state index in [0.717, 1.165) is 36.3 Å². The van der Waals surface area contributed by atoms with E-state index in [9.17, 15) is 5.26 Å². The van der Waals surface area contributed by atoms with Gasteiger partial charge in [-0.1, -0.05) is 134 Å². The number of alkyl halides is 1. The number of nitrogens with zero attached hydrogens (tertiary/aromatic N) is 4. The largest absolute Gasteiger partial charge is 0.310 e. The average molecular weight is 935 g/mol. The van der Waals surface area contributed by atoms with E-state index in [1.54, 1.807) is 0 Å². The molecule has 0 saturated heterocycles. The first-order chi connectivity index (χ1) is 31.4. The van der Waals surface area contributed by atoms with Crippen molar-refractivity contribution < 1.29 is 0 Å². The molecular formula is C59H43IN4. The lowest BCUT2D eigenvalue weighted by Gasteiger charge is -2.29. The van der Waals surface area contributed by atoms with E-state index in [0.29, 0.717) is 15.4 Å². The SMILES string of the molecule is CC1(C)c2cc(N(c3ccccc3)c3ccc(C#N)cc3)ccc2-c2c1cc(-n1c3c4c5c(cccc5n5c6ccccc6c6cccc1c65)[C@H](I)CCC4CC=C3)c1ccccc21. The summed E-state index contributed by atoms with van der Waals surface area (Å²) in [6.45, 7) is 4.82. The zero-order chi connectivity index (χ0) is 42.8. The average Bonchev–Trinajstić information content (AvgIpc) is 3.73. The molecule has 0 saturated carbocycles. The summed E-state index contributed by atoms with van der Waals surface area (Å²) in [5.74, 6) is 0.410. The molecule has 5 heteroatoms. The Morgan fingerprint density at radius 2 is 1.33 bits per heavy atom. The molecule has 306 valence electrons. The third kappa shape index (κ3) is 5.26. The molecule has 2 atom stereocenters. The van der Waals surface area contributed by atoms with Crippen LogP contribution in [0.25, 0.3) is 71.9 Å². The van der Waals surface area contributed by atoms with Crippen molar-refractivity contribution in [2.24, 2.45) is 0 Å². The minimum Gasteiger partial charge on any atom is -0.310 e. The molecule has 0 N–H and O–H groups in total. The van der Waals surface area contributed by atoms with E-state index in [-0.39, 0.29) is 5.41 Å². The molecule has 0 amide bonds. The van der Waals surface area contributed by atoms with E-state index in [1.807, 2.05) is 12.1 Å². The van der Waals surface area contributed by atoms with E-state index < -0.39 is 0 Å². The smallest absolute Gasteiger partial charge is 0.0991 e. The minimum absolute atomic E-state index is 0.324. The zero-order valence-electron chi connectivity index (χ0n) is 35.7. The first kappa shape index (κ1) is 37.7. The first-order valence-corrected chi connectivity index (χ1v) is 23.7. The van der Waals surface area contributed by atoms with Gasteiger partial charge in [-0.25, -0.2) is 0 Å². The Bertz CT molecular complexity index is 3710. The van der Waals surface area contributed by atoms with Gasteiger partial charge < -0.3 is 13.9 Å². The quantitative estimate of drug-likeness (QED) is 0.130. The van der Waals surface area contributed by atoms with Gasteiger partial charge in [-0.3, -0.25) is 0 Å². The molecule has 0 radical (unpaired) electrons. The van der Waals surface area contributed by atoms with Crippen molar-refractivity contribution in [1.29, 1.82) is 5.26 Å². The Balaban J connectivity index is 1.13. The molecule has 2 heterocycles. The highest BCUT2D eigenvalue weighted by Gasteiger charge is 2.39. The lowest BCUT2D eigenvalue weighted by atomic mass is 9.81. The number of anilines is 3. The summed E-state index contributed by atoms with van der Waals surface area (Å²) >= 11 is 2.73. The van der Waals surface area contributed by atoms with Crippen LogP contribution in [0.1, 0.15) is 76.5 Å². The van der Waals surface area contributed by atoms with Gasteiger partial charge in [0.1, 0.15) is 0 Å². The van der Waals surface area contributed by atoms with Crippen molar-refractivity contribution in [2.75, 3.05) is 4.90 Å². The van der Waals surface area contributed by atoms with Gasteiger partial charge >= 0.3 is 0 Å². The van der Waals surface area contributed by atoms with Crippen LogP contribution in [0.2, 0.25) is 0 Å². The van der Waals surface area contributed by atoms with Crippen LogP contribution in [0.15, 0.2) is 170 Å². The fraction of sp³-hybridized carbons (Fsp3) is 0.136. The van der Waals surface area contributed by atoms with E-state index in [1.165, 1.54) is 93.8 Å². The van der Waals surface area contributed by atoms with Crippen LogP contribution < -0.4 is 4.90 Å². The summed E-state index contributed by atoms with van der Waals surface area (Å²) in [7, 11) is 0. The van der Waals surface area contributed by atoms with Crippen LogP contribution >= 0.6 is 22.6 Å². The molecule has 1 unspecified atom stereocenters. The standard InChI is InChI=1S/C59H43IN4/c1-59(2)47-33-40(62(38-14-4-3-5-15-38)39-28-25-36(35-61)26-29-39)30-31-45(47)56-43-18-7-6-16-41(43)54(34-48(56)59)63-51-22-10-13-37-27-32-49(60)46-20-12-23-52(57(46)55(37)51)64-50-21-9-8-17-42(50)44-19-11-24-53(63)58(44)64/h3-12,14-26,28-31,33-34,37,49H,13,27,32H2,1-2H3/t37?,49-/m1/s1. The second kappa shape index (κ2) is 14.1. The fourth-order valence-electron chi connectivity index (χ4n) is 11.8. The summed E-state index contributed by atoms with van der Waals surface area (Å²) in [5, 5.41) is 16.1. The third-order valence-electron chi connectivity index (χ3n) is 14.6. The van der Waals surface area contributed by atoms with E-state index in [4.69, 9.17) is 0 Å². The maximum atomic E-state index is 9.63. The third-order valence-corrected chi connectivity index (χ3v) is 15.9. The number of benzene rings is 8. The molecule has 13 rings (SSSR count). The Kier molecular flexibility index (Phi) is 8.27. The molecule has 0 fully saturated rings. The highest BCUT2D eigenvalue weighted by atomic mass is 127. The molecule has 0 bridgehead atoms. The number of aromatic nitrogens is 2. The van der Waals surface area contributed by atoms with Crippen molar-refractivity contribution in [1.82, 2.24) is 8.97 Å². The van der Waals surface area contributed by atoms with Gasteiger partial charge in [0.2, 0.25) is 0 Å². The van der Waals surface area contributed by atoms with Gasteiger partial charge in [-0.2, -0.15) is 5.26 Å². The van der Waals surface area contributed by atoms with Gasteiger partial charge in [0.15, 0.2) is 0 Å². The summed E-state index contributed by atoms with van der Waals surface area (Å²) in [5.41, 5.74) is 19.2. The second-order valence-electron chi connectivity index (χ2n) is 18.3. The number of fused-ring (bicyclic) bond motifs is 9. The molecule has 3 aliphatic carbocycles. The van der Waals surface area contributed by atoms with Crippen molar-refractivity contribution in [3.8, 4) is 22.9 Å². The number of hydrogen-bond donors (Lipinski definition) is 0. The predicted octanol–water partition coefficient (Wildman–Crippen LogP) is 16.3. The van der Waals surface area contributed by atoms with Gasteiger partial charge in [-0.15, -0.1) is 0 Å². The number of allylic oxidation sites excluding steroid dienone is 1. The van der Waals surface area contributed by atoms with Crippen molar-refractivity contribution in [3.05, 3.63) is 203 Å². The van der Waals surface area contributed by atoms with Crippen molar-refractivity contribution in [3.63, 3.8) is 0 Å². The monoisotopic (exact) mass is 934 g/mol. The van der Waals surface area contributed by atoms with Crippen LogP contribution in [0, 0.1) is 11.3 Å². The van der Waals surface area contributed by atoms with Gasteiger partial charge in [0.05, 0.1) is 45.1 Å². The Morgan fingerprint density at radius 1 is 0.641 bits per heavy atom. The van der Waals surface area contributed by atoms with Crippen LogP contribution in [0.3, 0.4) is 0 Å². The van der Waals surface area contributed by atoms with E-state index in [2.05, 4.69) is 220 Å². The lowest BCUT2D eigenvalue weighted by molar-refractivity contribution is 0.605. The molecule has 4 nitrogen and oxygen atoms in total. The lowest BCUT2D eigenvalue weighted by Crippen LogP contribution is -2.17. The summed E-state index contributed by atoms with van der Waals surface area (Å²) in [4.78, 5) is 2.31.